The molecule has 0 saturated heterocycles. The van der Waals surface area contributed by atoms with Gasteiger partial charge in [-0.15, -0.1) is 0 Å². The first-order valence-corrected chi connectivity index (χ1v) is 13.1. The third-order valence-corrected chi connectivity index (χ3v) is 4.87. The van der Waals surface area contributed by atoms with Gasteiger partial charge >= 0.3 is 0 Å². The van der Waals surface area contributed by atoms with Gasteiger partial charge in [0.15, 0.2) is 5.65 Å². The first kappa shape index (κ1) is 32.2. The van der Waals surface area contributed by atoms with Crippen LogP contribution in [-0.2, 0) is 0 Å². The summed E-state index contributed by atoms with van der Waals surface area (Å²) < 4.78 is 6.96. The van der Waals surface area contributed by atoms with Crippen molar-refractivity contribution in [3.8, 4) is 17.0 Å². The van der Waals surface area contributed by atoms with E-state index in [-0.39, 0.29) is 11.1 Å². The highest BCUT2D eigenvalue weighted by atomic mass is 16.5. The maximum atomic E-state index is 6.48. The number of nitrogens with two attached hydrogens (primary N) is 1. The lowest BCUT2D eigenvalue weighted by Gasteiger charge is -2.22. The van der Waals surface area contributed by atoms with Gasteiger partial charge in [-0.2, -0.15) is 0 Å². The molecular formula is C32H40N8O. The molecule has 0 spiro atoms. The zero-order valence-corrected chi connectivity index (χ0v) is 24.9. The lowest BCUT2D eigenvalue weighted by molar-refractivity contribution is 0.415. The van der Waals surface area contributed by atoms with Gasteiger partial charge < -0.3 is 20.6 Å². The average Bonchev–Trinajstić information content (AvgIpc) is 3.32. The van der Waals surface area contributed by atoms with Crippen LogP contribution >= 0.6 is 0 Å². The number of benzene rings is 2. The average molecular weight is 553 g/mol. The fourth-order valence-electron chi connectivity index (χ4n) is 3.05. The summed E-state index contributed by atoms with van der Waals surface area (Å²) in [5, 5.41) is 3.54. The number of rotatable bonds is 3. The Morgan fingerprint density at radius 3 is 1.88 bits per heavy atom. The number of fused-ring (bicyclic) bond motifs is 1. The van der Waals surface area contributed by atoms with Crippen molar-refractivity contribution >= 4 is 17.3 Å². The van der Waals surface area contributed by atoms with Gasteiger partial charge in [0, 0.05) is 56.7 Å². The molecule has 0 saturated carbocycles. The van der Waals surface area contributed by atoms with E-state index in [2.05, 4.69) is 58.0 Å². The van der Waals surface area contributed by atoms with Crippen molar-refractivity contribution in [2.24, 2.45) is 0 Å². The van der Waals surface area contributed by atoms with E-state index in [1.807, 2.05) is 79.9 Å². The lowest BCUT2D eigenvalue weighted by atomic mass is 10.1. The topological polar surface area (TPSA) is 108 Å². The molecule has 0 unspecified atom stereocenters. The van der Waals surface area contributed by atoms with Gasteiger partial charge in [0.1, 0.15) is 23.1 Å². The van der Waals surface area contributed by atoms with Crippen molar-refractivity contribution in [1.82, 2.24) is 24.3 Å². The summed E-state index contributed by atoms with van der Waals surface area (Å²) in [6.45, 7) is 18.6. The number of imidazole rings is 1. The quantitative estimate of drug-likeness (QED) is 0.231. The standard InChI is InChI=1S/C16H18N4.C7H8O.C5H9N.C4H5N3/c1-16(2,3)19-15-14(12-7-5-4-6-8-12)18-13-11-17-9-10-20(13)15;1-8-7-5-3-2-4-6-7;1-5(2,3)6-4;5-4-3-6-1-2-7-4/h4-11,19H,1-3H3;2-6H,1H3;1-3H3;1-3H,(H2,5,7). The summed E-state index contributed by atoms with van der Waals surface area (Å²) >= 11 is 0. The van der Waals surface area contributed by atoms with Gasteiger partial charge in [-0.25, -0.2) is 16.5 Å². The Kier molecular flexibility index (Phi) is 12.3. The number of aromatic nitrogens is 5. The second kappa shape index (κ2) is 15.6. The van der Waals surface area contributed by atoms with E-state index in [9.17, 15) is 0 Å². The highest BCUT2D eigenvalue weighted by Gasteiger charge is 2.18. The lowest BCUT2D eigenvalue weighted by Crippen LogP contribution is -2.27. The molecule has 214 valence electrons. The Balaban J connectivity index is 0.000000229. The first-order chi connectivity index (χ1) is 19.4. The van der Waals surface area contributed by atoms with Crippen molar-refractivity contribution in [1.29, 1.82) is 0 Å². The minimum Gasteiger partial charge on any atom is -0.497 e. The molecule has 0 amide bonds. The maximum absolute atomic E-state index is 6.48. The van der Waals surface area contributed by atoms with Crippen molar-refractivity contribution < 1.29 is 4.74 Å². The second-order valence-corrected chi connectivity index (χ2v) is 10.8. The van der Waals surface area contributed by atoms with Crippen LogP contribution < -0.4 is 15.8 Å². The highest BCUT2D eigenvalue weighted by Crippen LogP contribution is 2.30. The Hall–Kier alpha value is -4.97. The van der Waals surface area contributed by atoms with E-state index in [0.29, 0.717) is 5.82 Å². The summed E-state index contributed by atoms with van der Waals surface area (Å²) in [4.78, 5) is 19.5. The largest absolute Gasteiger partial charge is 0.497 e. The van der Waals surface area contributed by atoms with Gasteiger partial charge in [-0.1, -0.05) is 48.5 Å². The predicted octanol–water partition coefficient (Wildman–Crippen LogP) is 7.06. The fourth-order valence-corrected chi connectivity index (χ4v) is 3.05. The molecule has 0 bridgehead atoms. The smallest absolute Gasteiger partial charge is 0.224 e. The summed E-state index contributed by atoms with van der Waals surface area (Å²) in [7, 11) is 1.66. The summed E-state index contributed by atoms with van der Waals surface area (Å²) in [6.07, 6.45) is 10.1. The molecule has 41 heavy (non-hydrogen) atoms. The molecular weight excluding hydrogens is 512 g/mol. The number of hydrogen-bond acceptors (Lipinski definition) is 7. The van der Waals surface area contributed by atoms with E-state index in [1.165, 1.54) is 6.20 Å². The highest BCUT2D eigenvalue weighted by molar-refractivity contribution is 5.76. The van der Waals surface area contributed by atoms with Gasteiger partial charge in [-0.05, 0) is 32.9 Å². The number of nitrogens with one attached hydrogen (secondary N) is 1. The SMILES string of the molecule is CC(C)(C)Nc1c(-c2ccccc2)nc2cnccn12.COc1ccccc1.Nc1cnccn1.[C-]#[N+]C(C)(C)C. The van der Waals surface area contributed by atoms with Crippen LogP contribution in [0.5, 0.6) is 5.75 Å². The van der Waals surface area contributed by atoms with E-state index >= 15 is 0 Å². The molecule has 5 rings (SSSR count). The van der Waals surface area contributed by atoms with E-state index in [0.717, 1.165) is 28.5 Å². The number of nitrogens with zero attached hydrogens (tertiary/aromatic N) is 6. The molecule has 2 aromatic carbocycles. The Bertz CT molecular complexity index is 1470. The summed E-state index contributed by atoms with van der Waals surface area (Å²) in [5.41, 5.74) is 7.88. The third kappa shape index (κ3) is 12.2. The second-order valence-electron chi connectivity index (χ2n) is 10.8. The fraction of sp³-hybridized carbons (Fsp3) is 0.281. The zero-order chi connectivity index (χ0) is 30.3. The Morgan fingerprint density at radius 1 is 0.854 bits per heavy atom. The van der Waals surface area contributed by atoms with Crippen LogP contribution in [0.2, 0.25) is 0 Å². The van der Waals surface area contributed by atoms with Gasteiger partial charge in [-0.3, -0.25) is 14.4 Å². The van der Waals surface area contributed by atoms with Crippen LogP contribution in [0.3, 0.4) is 0 Å². The molecule has 0 atom stereocenters. The maximum Gasteiger partial charge on any atom is 0.224 e. The molecule has 0 aliphatic heterocycles. The molecule has 3 N–H and O–H groups in total. The summed E-state index contributed by atoms with van der Waals surface area (Å²) in [5.74, 6) is 2.37. The molecule has 9 heteroatoms. The predicted molar refractivity (Wildman–Crippen MR) is 168 cm³/mol. The van der Waals surface area contributed by atoms with Gasteiger partial charge in [0.2, 0.25) is 5.54 Å². The van der Waals surface area contributed by atoms with Crippen LogP contribution in [-0.4, -0.2) is 42.5 Å². The molecule has 0 aliphatic carbocycles. The molecule has 3 heterocycles. The van der Waals surface area contributed by atoms with E-state index in [1.54, 1.807) is 31.9 Å². The Labute approximate surface area is 243 Å². The van der Waals surface area contributed by atoms with Crippen LogP contribution in [0.15, 0.2) is 97.8 Å². The number of methoxy groups -OCH3 is 1. The molecule has 5 aromatic rings. The molecule has 0 radical (unpaired) electrons. The van der Waals surface area contributed by atoms with Crippen LogP contribution in [0, 0.1) is 6.57 Å². The number of nitrogen functional groups attached to an aromatic ring is 1. The number of anilines is 2. The minimum absolute atomic E-state index is 0.0389. The summed E-state index contributed by atoms with van der Waals surface area (Å²) in [6, 6.07) is 19.9. The number of hydrogen-bond donors (Lipinski definition) is 2. The van der Waals surface area contributed by atoms with Crippen molar-refractivity contribution in [2.75, 3.05) is 18.2 Å². The van der Waals surface area contributed by atoms with Crippen LogP contribution in [0.25, 0.3) is 21.7 Å². The Morgan fingerprint density at radius 2 is 1.44 bits per heavy atom. The zero-order valence-electron chi connectivity index (χ0n) is 24.9. The third-order valence-electron chi connectivity index (χ3n) is 4.87. The van der Waals surface area contributed by atoms with E-state index in [4.69, 9.17) is 22.0 Å². The monoisotopic (exact) mass is 552 g/mol. The number of ether oxygens (including phenoxy) is 1. The van der Waals surface area contributed by atoms with Crippen LogP contribution in [0.1, 0.15) is 41.5 Å². The molecule has 0 fully saturated rings. The molecule has 0 aliphatic rings. The van der Waals surface area contributed by atoms with Crippen LogP contribution in [0.4, 0.5) is 11.6 Å². The van der Waals surface area contributed by atoms with Crippen molar-refractivity contribution in [3.63, 3.8) is 0 Å². The number of para-hydroxylation sites is 1. The van der Waals surface area contributed by atoms with Gasteiger partial charge in [0.05, 0.1) is 19.5 Å². The first-order valence-electron chi connectivity index (χ1n) is 13.1. The molecule has 9 nitrogen and oxygen atoms in total. The van der Waals surface area contributed by atoms with Crippen molar-refractivity contribution in [2.45, 2.75) is 52.6 Å². The van der Waals surface area contributed by atoms with Crippen molar-refractivity contribution in [3.05, 3.63) is 109 Å². The van der Waals surface area contributed by atoms with E-state index < -0.39 is 0 Å². The minimum atomic E-state index is -0.167. The normalized spacial score (nSPS) is 10.4. The van der Waals surface area contributed by atoms with Gasteiger partial charge in [0.25, 0.3) is 0 Å². The molecule has 3 aromatic heterocycles.